The third kappa shape index (κ3) is 4.76. The molecule has 0 saturated heterocycles. The van der Waals surface area contributed by atoms with Crippen molar-refractivity contribution in [2.75, 3.05) is 0 Å². The Kier molecular flexibility index (Phi) is 7.29. The minimum Gasteiger partial charge on any atom is -0.0642 e. The van der Waals surface area contributed by atoms with Crippen molar-refractivity contribution in [1.29, 1.82) is 0 Å². The highest BCUT2D eigenvalue weighted by Crippen LogP contribution is 2.55. The molecule has 0 fully saturated rings. The van der Waals surface area contributed by atoms with Crippen molar-refractivity contribution in [2.24, 2.45) is 0 Å². The Bertz CT molecular complexity index is 3180. The van der Waals surface area contributed by atoms with Gasteiger partial charge in [0.05, 0.1) is 0 Å². The zero-order chi connectivity index (χ0) is 40.4. The molecule has 0 amide bonds. The molecule has 0 N–H and O–H groups in total. The highest BCUT2D eigenvalue weighted by molar-refractivity contribution is 6.20. The van der Waals surface area contributed by atoms with Crippen LogP contribution >= 0.6 is 0 Å². The maximum Gasteiger partial charge on any atom is 0.0210 e. The molecule has 3 aliphatic rings. The Labute approximate surface area is 357 Å². The normalized spacial score (nSPS) is 13.3. The molecular weight excluding hydrogens is 733 g/mol. The number of rotatable bonds is 6. The van der Waals surface area contributed by atoms with E-state index in [1.54, 1.807) is 0 Å². The van der Waals surface area contributed by atoms with Crippen molar-refractivity contribution in [3.8, 4) is 100 Å². The number of benzene rings is 10. The first-order valence-electron chi connectivity index (χ1n) is 22.0. The van der Waals surface area contributed by atoms with Crippen molar-refractivity contribution < 1.29 is 0 Å². The second-order valence-corrected chi connectivity index (χ2v) is 17.3. The van der Waals surface area contributed by atoms with E-state index in [2.05, 4.69) is 208 Å². The Morgan fingerprint density at radius 3 is 0.967 bits per heavy atom. The van der Waals surface area contributed by atoms with Gasteiger partial charge >= 0.3 is 0 Å². The van der Waals surface area contributed by atoms with Crippen molar-refractivity contribution in [2.45, 2.75) is 32.1 Å². The lowest BCUT2D eigenvalue weighted by atomic mass is 9.73. The fourth-order valence-corrected chi connectivity index (χ4v) is 11.7. The maximum absolute atomic E-state index is 2.50. The van der Waals surface area contributed by atoms with Gasteiger partial charge in [-0.15, -0.1) is 0 Å². The average Bonchev–Trinajstić information content (AvgIpc) is 3.94. The summed E-state index contributed by atoms with van der Waals surface area (Å²) in [5, 5.41) is 5.39. The summed E-state index contributed by atoms with van der Waals surface area (Å²) in [6.45, 7) is 4.75. The lowest BCUT2D eigenvalue weighted by Gasteiger charge is -2.30. The molecule has 13 rings (SSSR count). The largest absolute Gasteiger partial charge is 0.0642 e. The standard InChI is InChI=1S/C61H42/c1-3-61(4-2)57-35-41(37-19-23-39(24-20-37)43-31-33-55-47-13-7-5-11-45(47)53-17-9-15-51(43)59(53)55)27-29-49(57)50-30-28-42(36-58(50)61)38-21-25-40(26-22-38)44-32-34-56-48-14-8-6-12-46(48)54-18-10-16-52(44)60(54)56/h5-36H,3-4H2,1-2H3. The van der Waals surface area contributed by atoms with Gasteiger partial charge in [0, 0.05) is 5.41 Å². The molecule has 0 radical (unpaired) electrons. The van der Waals surface area contributed by atoms with Crippen LogP contribution in [0.4, 0.5) is 0 Å². The third-order valence-corrected chi connectivity index (χ3v) is 14.7. The highest BCUT2D eigenvalue weighted by Gasteiger charge is 2.41. The molecule has 0 saturated carbocycles. The Hall–Kier alpha value is -7.28. The van der Waals surface area contributed by atoms with Crippen LogP contribution < -0.4 is 0 Å². The lowest BCUT2D eigenvalue weighted by molar-refractivity contribution is 0.491. The minimum absolute atomic E-state index is 0.0407. The summed E-state index contributed by atoms with van der Waals surface area (Å²) in [5.74, 6) is 0. The Morgan fingerprint density at radius 2 is 0.574 bits per heavy atom. The molecule has 3 aliphatic carbocycles. The average molecular weight is 775 g/mol. The molecule has 0 aromatic heterocycles. The molecule has 0 nitrogen and oxygen atoms in total. The first-order valence-corrected chi connectivity index (χ1v) is 22.0. The molecule has 0 aliphatic heterocycles. The molecule has 0 heteroatoms. The van der Waals surface area contributed by atoms with Crippen molar-refractivity contribution in [3.05, 3.63) is 205 Å². The smallest absolute Gasteiger partial charge is 0.0210 e. The maximum atomic E-state index is 2.50. The Balaban J connectivity index is 0.822. The zero-order valence-electron chi connectivity index (χ0n) is 34.4. The fourth-order valence-electron chi connectivity index (χ4n) is 11.7. The van der Waals surface area contributed by atoms with E-state index in [0.717, 1.165) is 12.8 Å². The molecular formula is C61H42. The minimum atomic E-state index is -0.0407. The number of fused-ring (bicyclic) bond motifs is 9. The van der Waals surface area contributed by atoms with Crippen LogP contribution in [0, 0.1) is 0 Å². The van der Waals surface area contributed by atoms with E-state index in [4.69, 9.17) is 0 Å². The van der Waals surface area contributed by atoms with Crippen molar-refractivity contribution in [3.63, 3.8) is 0 Å². The van der Waals surface area contributed by atoms with Crippen LogP contribution in [0.5, 0.6) is 0 Å². The number of hydrogen-bond donors (Lipinski definition) is 0. The molecule has 0 spiro atoms. The van der Waals surface area contributed by atoms with Gasteiger partial charge in [-0.1, -0.05) is 196 Å². The van der Waals surface area contributed by atoms with Crippen LogP contribution in [0.1, 0.15) is 37.8 Å². The van der Waals surface area contributed by atoms with Crippen molar-refractivity contribution in [1.82, 2.24) is 0 Å². The van der Waals surface area contributed by atoms with Crippen LogP contribution in [-0.4, -0.2) is 0 Å². The van der Waals surface area contributed by atoms with Gasteiger partial charge in [0.1, 0.15) is 0 Å². The summed E-state index contributed by atoms with van der Waals surface area (Å²) < 4.78 is 0. The van der Waals surface area contributed by atoms with Crippen LogP contribution in [0.2, 0.25) is 0 Å². The first-order chi connectivity index (χ1) is 30.1. The molecule has 0 bridgehead atoms. The van der Waals surface area contributed by atoms with E-state index in [1.807, 2.05) is 0 Å². The van der Waals surface area contributed by atoms with E-state index in [1.165, 1.54) is 133 Å². The molecule has 286 valence electrons. The first kappa shape index (κ1) is 34.6. The predicted molar refractivity (Wildman–Crippen MR) is 259 cm³/mol. The number of hydrogen-bond acceptors (Lipinski definition) is 0. The van der Waals surface area contributed by atoms with Gasteiger partial charge in [-0.25, -0.2) is 0 Å². The van der Waals surface area contributed by atoms with Gasteiger partial charge in [0.25, 0.3) is 0 Å². The van der Waals surface area contributed by atoms with E-state index < -0.39 is 0 Å². The van der Waals surface area contributed by atoms with Crippen molar-refractivity contribution >= 4 is 21.5 Å². The topological polar surface area (TPSA) is 0 Å². The van der Waals surface area contributed by atoms with Crippen LogP contribution in [0.15, 0.2) is 194 Å². The third-order valence-electron chi connectivity index (χ3n) is 14.7. The fraction of sp³-hybridized carbons (Fsp3) is 0.0820. The van der Waals surface area contributed by atoms with E-state index >= 15 is 0 Å². The summed E-state index contributed by atoms with van der Waals surface area (Å²) in [6.07, 6.45) is 2.11. The van der Waals surface area contributed by atoms with E-state index in [-0.39, 0.29) is 5.41 Å². The lowest BCUT2D eigenvalue weighted by Crippen LogP contribution is -2.23. The summed E-state index contributed by atoms with van der Waals surface area (Å²) in [6, 6.07) is 73.5. The zero-order valence-corrected chi connectivity index (χ0v) is 34.4. The second kappa shape index (κ2) is 12.9. The Morgan fingerprint density at radius 1 is 0.262 bits per heavy atom. The van der Waals surface area contributed by atoms with Gasteiger partial charge in [0.2, 0.25) is 0 Å². The second-order valence-electron chi connectivity index (χ2n) is 17.3. The summed E-state index contributed by atoms with van der Waals surface area (Å²) in [5.41, 5.74) is 26.5. The summed E-state index contributed by atoms with van der Waals surface area (Å²) in [7, 11) is 0. The molecule has 0 heterocycles. The quantitative estimate of drug-likeness (QED) is 0.158. The molecule has 0 unspecified atom stereocenters. The van der Waals surface area contributed by atoms with Gasteiger partial charge < -0.3 is 0 Å². The van der Waals surface area contributed by atoms with Gasteiger partial charge in [-0.2, -0.15) is 0 Å². The van der Waals surface area contributed by atoms with E-state index in [9.17, 15) is 0 Å². The summed E-state index contributed by atoms with van der Waals surface area (Å²) in [4.78, 5) is 0. The van der Waals surface area contributed by atoms with Gasteiger partial charge in [0.15, 0.2) is 0 Å². The molecule has 10 aromatic rings. The van der Waals surface area contributed by atoms with E-state index in [0.29, 0.717) is 0 Å². The predicted octanol–water partition coefficient (Wildman–Crippen LogP) is 17.0. The molecule has 0 atom stereocenters. The van der Waals surface area contributed by atoms with Gasteiger partial charge in [-0.3, -0.25) is 0 Å². The SMILES string of the molecule is CCC1(CC)c2cc(-c3ccc(-c4ccc5c6c(cccc46)-c4ccccc4-5)cc3)ccc2-c2ccc(-c3ccc(-c4ccc5c6c(cccc46)-c4ccccc4-5)cc3)cc21. The van der Waals surface area contributed by atoms with Crippen LogP contribution in [0.3, 0.4) is 0 Å². The van der Waals surface area contributed by atoms with Crippen LogP contribution in [0.25, 0.3) is 122 Å². The summed E-state index contributed by atoms with van der Waals surface area (Å²) >= 11 is 0. The molecule has 10 aromatic carbocycles. The van der Waals surface area contributed by atoms with Crippen LogP contribution in [-0.2, 0) is 5.41 Å². The highest BCUT2D eigenvalue weighted by atomic mass is 14.4. The van der Waals surface area contributed by atoms with Gasteiger partial charge in [-0.05, 0) is 158 Å². The molecule has 61 heavy (non-hydrogen) atoms. The monoisotopic (exact) mass is 774 g/mol.